The standard InChI is InChI=1S/C15H18ClN3O2/c16-14-4-2-1-3-13(14)11-19(7-8-20)15(21)6-5-12-9-17-18-10-12/h1-4,9-10,20H,5-8,11H2,(H,17,18). The maximum Gasteiger partial charge on any atom is 0.223 e. The van der Waals surface area contributed by atoms with Gasteiger partial charge in [0.15, 0.2) is 0 Å². The molecule has 1 heterocycles. The van der Waals surface area contributed by atoms with Gasteiger partial charge in [-0.3, -0.25) is 9.89 Å². The van der Waals surface area contributed by atoms with Gasteiger partial charge in [0.25, 0.3) is 0 Å². The van der Waals surface area contributed by atoms with E-state index in [4.69, 9.17) is 16.7 Å². The number of benzene rings is 1. The number of hydrogen-bond acceptors (Lipinski definition) is 3. The van der Waals surface area contributed by atoms with Crippen LogP contribution in [0.2, 0.25) is 5.02 Å². The minimum absolute atomic E-state index is 0.00910. The molecule has 0 spiro atoms. The Morgan fingerprint density at radius 3 is 2.86 bits per heavy atom. The number of nitrogens with zero attached hydrogens (tertiary/aromatic N) is 2. The predicted octanol–water partition coefficient (Wildman–Crippen LogP) is 2.02. The van der Waals surface area contributed by atoms with Crippen molar-refractivity contribution in [1.29, 1.82) is 0 Å². The first-order valence-corrected chi connectivity index (χ1v) is 7.18. The van der Waals surface area contributed by atoms with E-state index >= 15 is 0 Å². The number of aliphatic hydroxyl groups is 1. The number of carbonyl (C=O) groups is 1. The number of hydrogen-bond donors (Lipinski definition) is 2. The van der Waals surface area contributed by atoms with Gasteiger partial charge in [-0.05, 0) is 23.6 Å². The smallest absolute Gasteiger partial charge is 0.223 e. The molecule has 0 atom stereocenters. The Labute approximate surface area is 128 Å². The van der Waals surface area contributed by atoms with Gasteiger partial charge in [0.2, 0.25) is 5.91 Å². The van der Waals surface area contributed by atoms with E-state index in [1.807, 2.05) is 18.2 Å². The fourth-order valence-electron chi connectivity index (χ4n) is 2.07. The molecule has 2 N–H and O–H groups in total. The lowest BCUT2D eigenvalue weighted by Crippen LogP contribution is -2.33. The van der Waals surface area contributed by atoms with Crippen LogP contribution in [0.4, 0.5) is 0 Å². The Hall–Kier alpha value is -1.85. The van der Waals surface area contributed by atoms with E-state index in [1.54, 1.807) is 23.4 Å². The normalized spacial score (nSPS) is 10.6. The fraction of sp³-hybridized carbons (Fsp3) is 0.333. The molecule has 0 aliphatic heterocycles. The predicted molar refractivity (Wildman–Crippen MR) is 80.9 cm³/mol. The molecule has 2 rings (SSSR count). The van der Waals surface area contributed by atoms with Crippen molar-refractivity contribution < 1.29 is 9.90 Å². The van der Waals surface area contributed by atoms with Gasteiger partial charge in [-0.25, -0.2) is 0 Å². The molecule has 1 aromatic heterocycles. The van der Waals surface area contributed by atoms with Crippen molar-refractivity contribution in [2.45, 2.75) is 19.4 Å². The summed E-state index contributed by atoms with van der Waals surface area (Å²) in [7, 11) is 0. The lowest BCUT2D eigenvalue weighted by Gasteiger charge is -2.22. The van der Waals surface area contributed by atoms with E-state index < -0.39 is 0 Å². The molecule has 5 nitrogen and oxygen atoms in total. The average Bonchev–Trinajstić information content (AvgIpc) is 3.00. The number of nitrogens with one attached hydrogen (secondary N) is 1. The summed E-state index contributed by atoms with van der Waals surface area (Å²) in [5.74, 6) is -0.00910. The fourth-order valence-corrected chi connectivity index (χ4v) is 2.26. The van der Waals surface area contributed by atoms with Crippen molar-refractivity contribution in [3.63, 3.8) is 0 Å². The van der Waals surface area contributed by atoms with Gasteiger partial charge >= 0.3 is 0 Å². The summed E-state index contributed by atoms with van der Waals surface area (Å²) >= 11 is 6.12. The lowest BCUT2D eigenvalue weighted by molar-refractivity contribution is -0.132. The molecule has 0 saturated carbocycles. The highest BCUT2D eigenvalue weighted by atomic mass is 35.5. The molecule has 0 saturated heterocycles. The Balaban J connectivity index is 1.97. The number of carbonyl (C=O) groups excluding carboxylic acids is 1. The summed E-state index contributed by atoms with van der Waals surface area (Å²) < 4.78 is 0. The summed E-state index contributed by atoms with van der Waals surface area (Å²) in [6, 6.07) is 7.41. The number of aromatic nitrogens is 2. The quantitative estimate of drug-likeness (QED) is 0.822. The molecule has 0 radical (unpaired) electrons. The second kappa shape index (κ2) is 7.81. The van der Waals surface area contributed by atoms with Crippen LogP contribution < -0.4 is 0 Å². The van der Waals surface area contributed by atoms with Gasteiger partial charge < -0.3 is 10.0 Å². The maximum absolute atomic E-state index is 12.3. The molecule has 112 valence electrons. The molecule has 0 bridgehead atoms. The van der Waals surface area contributed by atoms with E-state index in [9.17, 15) is 4.79 Å². The highest BCUT2D eigenvalue weighted by Crippen LogP contribution is 2.17. The van der Waals surface area contributed by atoms with Crippen molar-refractivity contribution in [3.8, 4) is 0 Å². The Kier molecular flexibility index (Phi) is 5.78. The zero-order valence-electron chi connectivity index (χ0n) is 11.6. The van der Waals surface area contributed by atoms with Crippen LogP contribution in [-0.2, 0) is 17.8 Å². The number of aryl methyl sites for hydroxylation is 1. The first-order valence-electron chi connectivity index (χ1n) is 6.80. The van der Waals surface area contributed by atoms with Crippen molar-refractivity contribution in [1.82, 2.24) is 15.1 Å². The topological polar surface area (TPSA) is 69.2 Å². The second-order valence-electron chi connectivity index (χ2n) is 4.74. The molecule has 1 amide bonds. The van der Waals surface area contributed by atoms with Crippen molar-refractivity contribution in [3.05, 3.63) is 52.8 Å². The summed E-state index contributed by atoms with van der Waals surface area (Å²) in [6.07, 6.45) is 4.49. The molecular formula is C15H18ClN3O2. The third-order valence-electron chi connectivity index (χ3n) is 3.22. The van der Waals surface area contributed by atoms with Gasteiger partial charge in [0, 0.05) is 30.7 Å². The highest BCUT2D eigenvalue weighted by molar-refractivity contribution is 6.31. The second-order valence-corrected chi connectivity index (χ2v) is 5.14. The summed E-state index contributed by atoms with van der Waals surface area (Å²) in [4.78, 5) is 13.9. The highest BCUT2D eigenvalue weighted by Gasteiger charge is 2.15. The van der Waals surface area contributed by atoms with E-state index in [0.717, 1.165) is 11.1 Å². The van der Waals surface area contributed by atoms with Crippen molar-refractivity contribution >= 4 is 17.5 Å². The number of rotatable bonds is 7. The zero-order valence-corrected chi connectivity index (χ0v) is 12.4. The molecule has 6 heteroatoms. The van der Waals surface area contributed by atoms with Gasteiger partial charge in [0.1, 0.15) is 0 Å². The minimum Gasteiger partial charge on any atom is -0.395 e. The van der Waals surface area contributed by atoms with Crippen LogP contribution in [0.1, 0.15) is 17.5 Å². The molecule has 2 aromatic rings. The third kappa shape index (κ3) is 4.58. The van der Waals surface area contributed by atoms with E-state index in [0.29, 0.717) is 31.0 Å². The van der Waals surface area contributed by atoms with Crippen LogP contribution in [0.3, 0.4) is 0 Å². The van der Waals surface area contributed by atoms with Crippen molar-refractivity contribution in [2.24, 2.45) is 0 Å². The number of amides is 1. The summed E-state index contributed by atoms with van der Waals surface area (Å²) in [5, 5.41) is 16.3. The molecule has 1 aromatic carbocycles. The molecule has 21 heavy (non-hydrogen) atoms. The largest absolute Gasteiger partial charge is 0.395 e. The van der Waals surface area contributed by atoms with Gasteiger partial charge in [-0.15, -0.1) is 0 Å². The number of halogens is 1. The first kappa shape index (κ1) is 15.5. The van der Waals surface area contributed by atoms with Crippen molar-refractivity contribution in [2.75, 3.05) is 13.2 Å². The van der Waals surface area contributed by atoms with Crippen LogP contribution in [-0.4, -0.2) is 39.3 Å². The maximum atomic E-state index is 12.3. The molecular weight excluding hydrogens is 290 g/mol. The van der Waals surface area contributed by atoms with Crippen LogP contribution >= 0.6 is 11.6 Å². The number of H-pyrrole nitrogens is 1. The van der Waals surface area contributed by atoms with Crippen LogP contribution in [0.25, 0.3) is 0 Å². The van der Waals surface area contributed by atoms with E-state index in [2.05, 4.69) is 10.2 Å². The molecule has 0 unspecified atom stereocenters. The van der Waals surface area contributed by atoms with Gasteiger partial charge in [-0.2, -0.15) is 5.10 Å². The number of aromatic amines is 1. The molecule has 0 aliphatic rings. The van der Waals surface area contributed by atoms with Crippen LogP contribution in [0.5, 0.6) is 0 Å². The third-order valence-corrected chi connectivity index (χ3v) is 3.59. The average molecular weight is 308 g/mol. The van der Waals surface area contributed by atoms with E-state index in [-0.39, 0.29) is 12.5 Å². The molecule has 0 aliphatic carbocycles. The van der Waals surface area contributed by atoms with Gasteiger partial charge in [-0.1, -0.05) is 29.8 Å². The Morgan fingerprint density at radius 1 is 1.38 bits per heavy atom. The first-order chi connectivity index (χ1) is 10.2. The lowest BCUT2D eigenvalue weighted by atomic mass is 10.1. The number of aliphatic hydroxyl groups excluding tert-OH is 1. The van der Waals surface area contributed by atoms with E-state index in [1.165, 1.54) is 0 Å². The molecule has 0 fully saturated rings. The Morgan fingerprint density at radius 2 is 2.19 bits per heavy atom. The van der Waals surface area contributed by atoms with Crippen LogP contribution in [0.15, 0.2) is 36.7 Å². The summed E-state index contributed by atoms with van der Waals surface area (Å²) in [5.41, 5.74) is 1.87. The summed E-state index contributed by atoms with van der Waals surface area (Å²) in [6.45, 7) is 0.641. The van der Waals surface area contributed by atoms with Crippen LogP contribution in [0, 0.1) is 0 Å². The zero-order chi connectivity index (χ0) is 15.1. The Bertz CT molecular complexity index is 572. The van der Waals surface area contributed by atoms with Gasteiger partial charge in [0.05, 0.1) is 12.8 Å². The monoisotopic (exact) mass is 307 g/mol. The SMILES string of the molecule is O=C(CCc1cn[nH]c1)N(CCO)Cc1ccccc1Cl. The minimum atomic E-state index is -0.0676.